The van der Waals surface area contributed by atoms with Gasteiger partial charge in [0.2, 0.25) is 0 Å². The lowest BCUT2D eigenvalue weighted by Gasteiger charge is -2.25. The predicted molar refractivity (Wildman–Crippen MR) is 101 cm³/mol. The lowest BCUT2D eigenvalue weighted by atomic mass is 10.4. The smallest absolute Gasteiger partial charge is 0.104 e. The molecule has 1 aromatic rings. The fraction of sp³-hybridized carbons (Fsp3) is 0.667. The minimum absolute atomic E-state index is 0.392. The number of hydrogen-bond acceptors (Lipinski definition) is 2. The first-order valence-electron chi connectivity index (χ1n) is 8.65. The second-order valence-corrected chi connectivity index (χ2v) is 17.7. The van der Waals surface area contributed by atoms with E-state index in [4.69, 9.17) is 9.47 Å². The summed E-state index contributed by atoms with van der Waals surface area (Å²) in [6, 6.07) is 12.2. The van der Waals surface area contributed by atoms with E-state index in [2.05, 4.69) is 57.4 Å². The summed E-state index contributed by atoms with van der Waals surface area (Å²) in [5.74, 6) is 0. The van der Waals surface area contributed by atoms with Crippen molar-refractivity contribution in [2.24, 2.45) is 0 Å². The third-order valence-corrected chi connectivity index (χ3v) is 12.3. The van der Waals surface area contributed by atoms with Gasteiger partial charge in [-0.1, -0.05) is 79.8 Å². The van der Waals surface area contributed by atoms with Crippen LogP contribution in [0.25, 0.3) is 0 Å². The van der Waals surface area contributed by atoms with Crippen LogP contribution in [0.3, 0.4) is 0 Å². The molecule has 1 fully saturated rings. The Labute approximate surface area is 138 Å². The lowest BCUT2D eigenvalue weighted by Crippen LogP contribution is -2.45. The predicted octanol–water partition coefficient (Wildman–Crippen LogP) is 3.34. The van der Waals surface area contributed by atoms with E-state index < -0.39 is 16.1 Å². The zero-order chi connectivity index (χ0) is 16.2. The Hall–Kier alpha value is -0.426. The molecule has 0 aromatic heterocycles. The molecule has 1 heterocycles. The highest BCUT2D eigenvalue weighted by atomic mass is 28.3. The van der Waals surface area contributed by atoms with Gasteiger partial charge in [-0.25, -0.2) is 0 Å². The van der Waals surface area contributed by atoms with Crippen LogP contribution in [0.2, 0.25) is 38.3 Å². The standard InChI is InChI=1S/C18H32O2Si2/c1-6-21(2,3)17-8-10-18(11-9-17)22(4,5)13-7-12-19-14-16-15-20-16/h8-11,16H,6-7,12-15H2,1-5H3. The molecule has 0 spiro atoms. The molecule has 0 radical (unpaired) electrons. The van der Waals surface area contributed by atoms with Crippen LogP contribution in [-0.4, -0.2) is 42.1 Å². The first kappa shape index (κ1) is 17.9. The highest BCUT2D eigenvalue weighted by Gasteiger charge is 2.26. The van der Waals surface area contributed by atoms with Crippen molar-refractivity contribution in [1.82, 2.24) is 0 Å². The molecule has 0 amide bonds. The molecule has 0 saturated carbocycles. The van der Waals surface area contributed by atoms with Crippen LogP contribution in [0.15, 0.2) is 24.3 Å². The molecule has 0 N–H and O–H groups in total. The van der Waals surface area contributed by atoms with Gasteiger partial charge in [0.05, 0.1) is 29.4 Å². The van der Waals surface area contributed by atoms with Crippen molar-refractivity contribution in [2.75, 3.05) is 19.8 Å². The number of rotatable bonds is 9. The van der Waals surface area contributed by atoms with Gasteiger partial charge in [-0.05, 0) is 6.42 Å². The Bertz CT molecular complexity index is 464. The van der Waals surface area contributed by atoms with E-state index in [0.29, 0.717) is 6.10 Å². The van der Waals surface area contributed by atoms with Crippen molar-refractivity contribution >= 4 is 26.5 Å². The highest BCUT2D eigenvalue weighted by molar-refractivity contribution is 6.91. The summed E-state index contributed by atoms with van der Waals surface area (Å²) >= 11 is 0. The molecular weight excluding hydrogens is 304 g/mol. The quantitative estimate of drug-likeness (QED) is 0.392. The number of benzene rings is 1. The fourth-order valence-electron chi connectivity index (χ4n) is 2.72. The second-order valence-electron chi connectivity index (χ2n) is 7.83. The molecule has 2 rings (SSSR count). The molecule has 1 aromatic carbocycles. The van der Waals surface area contributed by atoms with Gasteiger partial charge in [-0.15, -0.1) is 0 Å². The summed E-state index contributed by atoms with van der Waals surface area (Å²) in [5.41, 5.74) is 0. The summed E-state index contributed by atoms with van der Waals surface area (Å²) < 4.78 is 10.8. The maximum atomic E-state index is 5.67. The van der Waals surface area contributed by atoms with Crippen LogP contribution >= 0.6 is 0 Å². The van der Waals surface area contributed by atoms with Crippen LogP contribution in [0.1, 0.15) is 13.3 Å². The minimum Gasteiger partial charge on any atom is -0.379 e. The van der Waals surface area contributed by atoms with Gasteiger partial charge in [0, 0.05) is 6.61 Å². The van der Waals surface area contributed by atoms with Gasteiger partial charge < -0.3 is 9.47 Å². The van der Waals surface area contributed by atoms with Gasteiger partial charge >= 0.3 is 0 Å². The summed E-state index contributed by atoms with van der Waals surface area (Å²) in [6.45, 7) is 14.8. The Morgan fingerprint density at radius 1 is 1.05 bits per heavy atom. The van der Waals surface area contributed by atoms with E-state index in [9.17, 15) is 0 Å². The topological polar surface area (TPSA) is 21.8 Å². The lowest BCUT2D eigenvalue weighted by molar-refractivity contribution is 0.117. The molecule has 1 atom stereocenters. The summed E-state index contributed by atoms with van der Waals surface area (Å²) in [7, 11) is -2.52. The molecular formula is C18H32O2Si2. The molecule has 124 valence electrons. The third kappa shape index (κ3) is 5.05. The monoisotopic (exact) mass is 336 g/mol. The zero-order valence-corrected chi connectivity index (χ0v) is 16.9. The average Bonchev–Trinajstić information content (AvgIpc) is 3.31. The highest BCUT2D eigenvalue weighted by Crippen LogP contribution is 2.15. The Morgan fingerprint density at radius 2 is 1.59 bits per heavy atom. The first-order chi connectivity index (χ1) is 10.3. The summed E-state index contributed by atoms with van der Waals surface area (Å²) in [4.78, 5) is 0. The molecule has 22 heavy (non-hydrogen) atoms. The van der Waals surface area contributed by atoms with Gasteiger partial charge in [0.1, 0.15) is 6.10 Å². The van der Waals surface area contributed by atoms with Gasteiger partial charge in [-0.2, -0.15) is 0 Å². The maximum absolute atomic E-state index is 5.67. The van der Waals surface area contributed by atoms with E-state index >= 15 is 0 Å². The molecule has 1 unspecified atom stereocenters. The van der Waals surface area contributed by atoms with E-state index in [1.54, 1.807) is 10.4 Å². The van der Waals surface area contributed by atoms with Crippen LogP contribution < -0.4 is 10.4 Å². The molecule has 1 aliphatic rings. The van der Waals surface area contributed by atoms with E-state index in [1.165, 1.54) is 18.5 Å². The summed E-state index contributed by atoms with van der Waals surface area (Å²) in [6.07, 6.45) is 1.56. The SMILES string of the molecule is CC[Si](C)(C)c1ccc([Si](C)(C)CCCOCC2CO2)cc1. The van der Waals surface area contributed by atoms with Crippen molar-refractivity contribution in [2.45, 2.75) is 57.7 Å². The largest absolute Gasteiger partial charge is 0.379 e. The molecule has 0 bridgehead atoms. The van der Waals surface area contributed by atoms with E-state index in [0.717, 1.165) is 19.8 Å². The van der Waals surface area contributed by atoms with Crippen molar-refractivity contribution in [3.63, 3.8) is 0 Å². The second kappa shape index (κ2) is 7.43. The minimum atomic E-state index is -1.33. The normalized spacial score (nSPS) is 18.5. The molecule has 1 aliphatic heterocycles. The molecule has 1 saturated heterocycles. The van der Waals surface area contributed by atoms with Crippen LogP contribution in [0, 0.1) is 0 Å². The Morgan fingerprint density at radius 3 is 2.09 bits per heavy atom. The number of ether oxygens (including phenoxy) is 2. The van der Waals surface area contributed by atoms with Crippen LogP contribution in [0.4, 0.5) is 0 Å². The van der Waals surface area contributed by atoms with Crippen molar-refractivity contribution in [3.05, 3.63) is 24.3 Å². The van der Waals surface area contributed by atoms with Crippen LogP contribution in [-0.2, 0) is 9.47 Å². The Kier molecular flexibility index (Phi) is 6.05. The van der Waals surface area contributed by atoms with Crippen molar-refractivity contribution in [1.29, 1.82) is 0 Å². The van der Waals surface area contributed by atoms with Gasteiger partial charge in [-0.3, -0.25) is 0 Å². The third-order valence-electron chi connectivity index (χ3n) is 5.13. The maximum Gasteiger partial charge on any atom is 0.104 e. The van der Waals surface area contributed by atoms with Crippen LogP contribution in [0.5, 0.6) is 0 Å². The van der Waals surface area contributed by atoms with Gasteiger partial charge in [0.25, 0.3) is 0 Å². The zero-order valence-electron chi connectivity index (χ0n) is 14.9. The average molecular weight is 337 g/mol. The molecule has 4 heteroatoms. The van der Waals surface area contributed by atoms with Crippen molar-refractivity contribution in [3.8, 4) is 0 Å². The van der Waals surface area contributed by atoms with E-state index in [1.807, 2.05) is 0 Å². The molecule has 0 aliphatic carbocycles. The fourth-order valence-corrected chi connectivity index (χ4v) is 6.58. The first-order valence-corrected chi connectivity index (χ1v) is 15.1. The number of hydrogen-bond donors (Lipinski definition) is 0. The Balaban J connectivity index is 1.84. The van der Waals surface area contributed by atoms with E-state index in [-0.39, 0.29) is 0 Å². The molecule has 2 nitrogen and oxygen atoms in total. The summed E-state index contributed by atoms with van der Waals surface area (Å²) in [5, 5.41) is 3.18. The van der Waals surface area contributed by atoms with Crippen molar-refractivity contribution < 1.29 is 9.47 Å². The number of epoxide rings is 1. The van der Waals surface area contributed by atoms with Gasteiger partial charge in [0.15, 0.2) is 0 Å².